The number of rotatable bonds is 3. The zero-order chi connectivity index (χ0) is 18.2. The minimum absolute atomic E-state index is 0.680. The third kappa shape index (κ3) is 2.72. The summed E-state index contributed by atoms with van der Waals surface area (Å²) in [6.45, 7) is 1.59. The number of fused-ring (bicyclic) bond motifs is 5. The molecule has 5 rings (SSSR count). The van der Waals surface area contributed by atoms with Crippen molar-refractivity contribution < 1.29 is 4.74 Å². The Bertz CT molecular complexity index is 1120. The Balaban J connectivity index is 1.62. The van der Waals surface area contributed by atoms with Gasteiger partial charge in [0.25, 0.3) is 0 Å². The van der Waals surface area contributed by atoms with Crippen molar-refractivity contribution in [1.82, 2.24) is 14.8 Å². The molecule has 0 saturated heterocycles. The van der Waals surface area contributed by atoms with E-state index >= 15 is 0 Å². The number of anilines is 1. The first-order valence-corrected chi connectivity index (χ1v) is 9.13. The van der Waals surface area contributed by atoms with Gasteiger partial charge in [0.2, 0.25) is 0 Å². The van der Waals surface area contributed by atoms with E-state index in [0.29, 0.717) is 6.54 Å². The second-order valence-corrected chi connectivity index (χ2v) is 6.77. The summed E-state index contributed by atoms with van der Waals surface area (Å²) in [4.78, 5) is 4.75. The summed E-state index contributed by atoms with van der Waals surface area (Å²) in [7, 11) is 1.68. The summed E-state index contributed by atoms with van der Waals surface area (Å²) in [5.41, 5.74) is 7.00. The maximum Gasteiger partial charge on any atom is 0.158 e. The highest BCUT2D eigenvalue weighted by Gasteiger charge is 2.19. The van der Waals surface area contributed by atoms with Crippen LogP contribution in [0, 0.1) is 0 Å². The highest BCUT2D eigenvalue weighted by atomic mass is 16.5. The number of ether oxygens (including phenoxy) is 1. The molecule has 0 spiro atoms. The number of nitrogens with one attached hydrogen (secondary N) is 1. The Morgan fingerprint density at radius 1 is 1.07 bits per heavy atom. The molecule has 0 aliphatic carbocycles. The van der Waals surface area contributed by atoms with E-state index in [1.807, 2.05) is 29.2 Å². The number of pyridine rings is 1. The molecular formula is C22H20N4O. The summed E-state index contributed by atoms with van der Waals surface area (Å²) in [5, 5.41) is 9.28. The van der Waals surface area contributed by atoms with E-state index in [1.165, 1.54) is 27.9 Å². The molecule has 4 aromatic rings. The molecule has 0 saturated carbocycles. The van der Waals surface area contributed by atoms with E-state index < -0.39 is 0 Å². The highest BCUT2D eigenvalue weighted by Crippen LogP contribution is 2.37. The molecule has 27 heavy (non-hydrogen) atoms. The molecule has 2 aromatic carbocycles. The molecule has 2 aromatic heterocycles. The zero-order valence-electron chi connectivity index (χ0n) is 15.1. The number of hydrogen-bond donors (Lipinski definition) is 1. The first-order chi connectivity index (χ1) is 13.3. The van der Waals surface area contributed by atoms with Crippen molar-refractivity contribution in [2.75, 3.05) is 19.0 Å². The van der Waals surface area contributed by atoms with Crippen molar-refractivity contribution >= 4 is 16.7 Å². The molecule has 1 N–H and O–H groups in total. The topological polar surface area (TPSA) is 52.0 Å². The van der Waals surface area contributed by atoms with Crippen molar-refractivity contribution in [2.45, 2.75) is 13.0 Å². The molecule has 0 radical (unpaired) electrons. The van der Waals surface area contributed by atoms with Crippen LogP contribution in [-0.4, -0.2) is 28.4 Å². The number of hydrogen-bond acceptors (Lipinski definition) is 4. The molecule has 0 unspecified atom stereocenters. The van der Waals surface area contributed by atoms with E-state index in [4.69, 9.17) is 9.72 Å². The van der Waals surface area contributed by atoms with Gasteiger partial charge >= 0.3 is 0 Å². The van der Waals surface area contributed by atoms with Gasteiger partial charge in [-0.05, 0) is 35.7 Å². The molecule has 5 nitrogen and oxygen atoms in total. The van der Waals surface area contributed by atoms with E-state index in [2.05, 4.69) is 46.8 Å². The lowest BCUT2D eigenvalue weighted by Crippen LogP contribution is -2.04. The smallest absolute Gasteiger partial charge is 0.158 e. The van der Waals surface area contributed by atoms with Gasteiger partial charge in [0.1, 0.15) is 5.75 Å². The Morgan fingerprint density at radius 2 is 1.93 bits per heavy atom. The summed E-state index contributed by atoms with van der Waals surface area (Å²) < 4.78 is 7.21. The second kappa shape index (κ2) is 6.43. The van der Waals surface area contributed by atoms with Crippen LogP contribution in [0.4, 0.5) is 5.69 Å². The fourth-order valence-electron chi connectivity index (χ4n) is 3.78. The number of methoxy groups -OCH3 is 1. The molecule has 0 atom stereocenters. The number of para-hydroxylation sites is 1. The van der Waals surface area contributed by atoms with E-state index in [0.717, 1.165) is 29.7 Å². The highest BCUT2D eigenvalue weighted by molar-refractivity contribution is 5.98. The fourth-order valence-corrected chi connectivity index (χ4v) is 3.78. The van der Waals surface area contributed by atoms with Crippen LogP contribution in [0.2, 0.25) is 0 Å². The van der Waals surface area contributed by atoms with Crippen LogP contribution >= 0.6 is 0 Å². The van der Waals surface area contributed by atoms with Crippen LogP contribution in [0.15, 0.2) is 60.9 Å². The van der Waals surface area contributed by atoms with Crippen molar-refractivity contribution in [2.24, 2.45) is 0 Å². The van der Waals surface area contributed by atoms with Crippen LogP contribution in [-0.2, 0) is 13.0 Å². The Morgan fingerprint density at radius 3 is 2.78 bits per heavy atom. The summed E-state index contributed by atoms with van der Waals surface area (Å²) in [6, 6.07) is 16.5. The van der Waals surface area contributed by atoms with Crippen LogP contribution in [0.3, 0.4) is 0 Å². The zero-order valence-corrected chi connectivity index (χ0v) is 15.1. The summed E-state index contributed by atoms with van der Waals surface area (Å²) in [6.07, 6.45) is 4.91. The first-order valence-electron chi connectivity index (χ1n) is 9.13. The largest absolute Gasteiger partial charge is 0.497 e. The molecule has 5 heteroatoms. The van der Waals surface area contributed by atoms with Gasteiger partial charge in [0.15, 0.2) is 5.65 Å². The van der Waals surface area contributed by atoms with Crippen LogP contribution in [0.5, 0.6) is 5.75 Å². The van der Waals surface area contributed by atoms with E-state index in [9.17, 15) is 0 Å². The molecule has 1 aliphatic heterocycles. The lowest BCUT2D eigenvalue weighted by atomic mass is 9.97. The Kier molecular flexibility index (Phi) is 3.78. The SMILES string of the molecule is COc1ccc(Cn2ncc3c4c(cnc32)CCNc2ccccc2-4)cc1. The summed E-state index contributed by atoms with van der Waals surface area (Å²) in [5.74, 6) is 0.858. The third-order valence-corrected chi connectivity index (χ3v) is 5.14. The molecule has 3 heterocycles. The average Bonchev–Trinajstić information content (AvgIpc) is 3.01. The number of benzene rings is 2. The minimum atomic E-state index is 0.680. The predicted molar refractivity (Wildman–Crippen MR) is 107 cm³/mol. The molecule has 1 aliphatic rings. The minimum Gasteiger partial charge on any atom is -0.497 e. The molecule has 0 bridgehead atoms. The quantitative estimate of drug-likeness (QED) is 0.600. The van der Waals surface area contributed by atoms with Crippen molar-refractivity contribution in [1.29, 1.82) is 0 Å². The van der Waals surface area contributed by atoms with Crippen molar-refractivity contribution in [3.05, 3.63) is 72.1 Å². The van der Waals surface area contributed by atoms with Gasteiger partial charge in [0.05, 0.1) is 19.9 Å². The van der Waals surface area contributed by atoms with Gasteiger partial charge in [-0.25, -0.2) is 9.67 Å². The predicted octanol–water partition coefficient (Wildman–Crippen LogP) is 4.12. The molecular weight excluding hydrogens is 336 g/mol. The van der Waals surface area contributed by atoms with E-state index in [1.54, 1.807) is 7.11 Å². The van der Waals surface area contributed by atoms with Crippen LogP contribution in [0.25, 0.3) is 22.2 Å². The number of nitrogens with zero attached hydrogens (tertiary/aromatic N) is 3. The van der Waals surface area contributed by atoms with Crippen molar-refractivity contribution in [3.8, 4) is 16.9 Å². The van der Waals surface area contributed by atoms with Gasteiger partial charge in [-0.3, -0.25) is 0 Å². The second-order valence-electron chi connectivity index (χ2n) is 6.77. The Hall–Kier alpha value is -3.34. The fraction of sp³-hybridized carbons (Fsp3) is 0.182. The number of aromatic nitrogens is 3. The monoisotopic (exact) mass is 356 g/mol. The molecule has 0 fully saturated rings. The van der Waals surface area contributed by atoms with Gasteiger partial charge < -0.3 is 10.1 Å². The van der Waals surface area contributed by atoms with Gasteiger partial charge in [-0.15, -0.1) is 0 Å². The standard InChI is InChI=1S/C22H20N4O/c1-27-17-8-6-15(7-9-17)14-26-22-19(13-25-26)21-16(12-24-22)10-11-23-20-5-3-2-4-18(20)21/h2-9,12-13,23H,10-11,14H2,1H3. The van der Waals surface area contributed by atoms with Gasteiger partial charge in [-0.1, -0.05) is 30.3 Å². The normalized spacial score (nSPS) is 12.8. The Labute approximate surface area is 157 Å². The third-order valence-electron chi connectivity index (χ3n) is 5.14. The maximum atomic E-state index is 5.24. The van der Waals surface area contributed by atoms with Crippen LogP contribution in [0.1, 0.15) is 11.1 Å². The van der Waals surface area contributed by atoms with Gasteiger partial charge in [0, 0.05) is 34.9 Å². The first kappa shape index (κ1) is 15.9. The summed E-state index contributed by atoms with van der Waals surface area (Å²) >= 11 is 0. The lowest BCUT2D eigenvalue weighted by Gasteiger charge is -2.10. The molecule has 0 amide bonds. The van der Waals surface area contributed by atoms with Crippen LogP contribution < -0.4 is 10.1 Å². The van der Waals surface area contributed by atoms with Crippen molar-refractivity contribution in [3.63, 3.8) is 0 Å². The average molecular weight is 356 g/mol. The van der Waals surface area contributed by atoms with Gasteiger partial charge in [-0.2, -0.15) is 5.10 Å². The van der Waals surface area contributed by atoms with E-state index in [-0.39, 0.29) is 0 Å². The molecule has 134 valence electrons. The maximum absolute atomic E-state index is 5.24. The lowest BCUT2D eigenvalue weighted by molar-refractivity contribution is 0.414.